The highest BCUT2D eigenvalue weighted by Crippen LogP contribution is 2.26. The van der Waals surface area contributed by atoms with Gasteiger partial charge in [0.2, 0.25) is 5.91 Å². The van der Waals surface area contributed by atoms with Crippen LogP contribution in [-0.4, -0.2) is 30.3 Å². The normalized spacial score (nSPS) is 14.4. The molecule has 0 bridgehead atoms. The highest BCUT2D eigenvalue weighted by atomic mass is 32.1. The van der Waals surface area contributed by atoms with Crippen molar-refractivity contribution in [3.8, 4) is 0 Å². The van der Waals surface area contributed by atoms with Crippen LogP contribution in [0.15, 0.2) is 54.6 Å². The number of hydrogen-bond acceptors (Lipinski definition) is 4. The Kier molecular flexibility index (Phi) is 6.93. The zero-order chi connectivity index (χ0) is 19.1. The molecular weight excluding hydrogens is 358 g/mol. The summed E-state index contributed by atoms with van der Waals surface area (Å²) in [7, 11) is 0. The summed E-state index contributed by atoms with van der Waals surface area (Å²) in [5.41, 5.74) is 3.42. The van der Waals surface area contributed by atoms with E-state index < -0.39 is 6.04 Å². The molecule has 1 unspecified atom stereocenters. The Hall–Kier alpha value is -2.27. The van der Waals surface area contributed by atoms with Gasteiger partial charge in [-0.25, -0.2) is 4.79 Å². The number of hydrogen-bond donors (Lipinski definition) is 2. The number of carbonyl (C=O) groups is 2. The summed E-state index contributed by atoms with van der Waals surface area (Å²) in [6.45, 7) is 0.318. The van der Waals surface area contributed by atoms with Crippen molar-refractivity contribution in [2.75, 3.05) is 12.4 Å². The minimum Gasteiger partial charge on any atom is -0.464 e. The van der Waals surface area contributed by atoms with Crippen LogP contribution in [0.1, 0.15) is 23.1 Å². The monoisotopic (exact) mass is 383 g/mol. The van der Waals surface area contributed by atoms with Gasteiger partial charge in [-0.05, 0) is 41.7 Å². The van der Waals surface area contributed by atoms with Crippen molar-refractivity contribution in [3.05, 3.63) is 71.3 Å². The van der Waals surface area contributed by atoms with E-state index in [0.29, 0.717) is 25.2 Å². The number of thiol groups is 1. The fourth-order valence-electron chi connectivity index (χ4n) is 3.41. The van der Waals surface area contributed by atoms with Crippen molar-refractivity contribution < 1.29 is 14.3 Å². The van der Waals surface area contributed by atoms with Crippen LogP contribution in [0.4, 0.5) is 0 Å². The summed E-state index contributed by atoms with van der Waals surface area (Å²) in [4.78, 5) is 25.3. The van der Waals surface area contributed by atoms with Crippen molar-refractivity contribution in [1.29, 1.82) is 0 Å². The largest absolute Gasteiger partial charge is 0.464 e. The van der Waals surface area contributed by atoms with Crippen LogP contribution >= 0.6 is 12.6 Å². The van der Waals surface area contributed by atoms with E-state index in [2.05, 4.69) is 30.1 Å². The van der Waals surface area contributed by atoms with E-state index in [9.17, 15) is 9.59 Å². The molecule has 142 valence electrons. The van der Waals surface area contributed by atoms with Crippen molar-refractivity contribution >= 4 is 24.5 Å². The minimum absolute atomic E-state index is 0.0849. The molecular formula is C22H25NO3S. The van der Waals surface area contributed by atoms with Crippen LogP contribution in [0, 0.1) is 5.92 Å². The average molecular weight is 384 g/mol. The van der Waals surface area contributed by atoms with Gasteiger partial charge in [-0.1, -0.05) is 54.6 Å². The van der Waals surface area contributed by atoms with Gasteiger partial charge < -0.3 is 10.1 Å². The third kappa shape index (κ3) is 5.36. The molecule has 1 aliphatic rings. The molecule has 0 spiro atoms. The SMILES string of the molecule is O=C(NC(Cc1ccccc1)C(=O)OCCCS)C1Cc2ccccc2C1. The van der Waals surface area contributed by atoms with Crippen molar-refractivity contribution in [2.45, 2.75) is 31.7 Å². The zero-order valence-electron chi connectivity index (χ0n) is 15.3. The Balaban J connectivity index is 1.65. The smallest absolute Gasteiger partial charge is 0.328 e. The number of fused-ring (bicyclic) bond motifs is 1. The number of nitrogens with one attached hydrogen (secondary N) is 1. The van der Waals surface area contributed by atoms with Gasteiger partial charge >= 0.3 is 5.97 Å². The number of esters is 1. The third-order valence-electron chi connectivity index (χ3n) is 4.85. The number of amides is 1. The maximum Gasteiger partial charge on any atom is 0.328 e. The molecule has 3 rings (SSSR count). The quantitative estimate of drug-likeness (QED) is 0.419. The first-order valence-electron chi connectivity index (χ1n) is 9.36. The molecule has 0 saturated heterocycles. The first kappa shape index (κ1) is 19.5. The van der Waals surface area contributed by atoms with Crippen LogP contribution in [-0.2, 0) is 33.6 Å². The predicted molar refractivity (Wildman–Crippen MR) is 109 cm³/mol. The summed E-state index contributed by atoms with van der Waals surface area (Å²) in [5.74, 6) is 0.0530. The van der Waals surface area contributed by atoms with Crippen molar-refractivity contribution in [1.82, 2.24) is 5.32 Å². The highest BCUT2D eigenvalue weighted by molar-refractivity contribution is 7.80. The van der Waals surface area contributed by atoms with Gasteiger partial charge in [0.1, 0.15) is 6.04 Å². The Morgan fingerprint density at radius 3 is 2.30 bits per heavy atom. The molecule has 0 radical (unpaired) electrons. The summed E-state index contributed by atoms with van der Waals surface area (Å²) in [6.07, 6.45) is 2.55. The maximum absolute atomic E-state index is 12.8. The Morgan fingerprint density at radius 1 is 1.04 bits per heavy atom. The van der Waals surface area contributed by atoms with Crippen LogP contribution in [0.25, 0.3) is 0 Å². The van der Waals surface area contributed by atoms with E-state index in [1.54, 1.807) is 0 Å². The molecule has 1 aliphatic carbocycles. The summed E-state index contributed by atoms with van der Waals surface area (Å²) in [5, 5.41) is 2.94. The molecule has 1 atom stereocenters. The Labute approximate surface area is 165 Å². The van der Waals surface area contributed by atoms with E-state index in [0.717, 1.165) is 18.4 Å². The van der Waals surface area contributed by atoms with Gasteiger partial charge in [-0.3, -0.25) is 4.79 Å². The molecule has 1 N–H and O–H groups in total. The number of ether oxygens (including phenoxy) is 1. The van der Waals surface area contributed by atoms with E-state index in [4.69, 9.17) is 4.74 Å². The lowest BCUT2D eigenvalue weighted by atomic mass is 10.0. The second-order valence-corrected chi connectivity index (χ2v) is 7.32. The third-order valence-corrected chi connectivity index (χ3v) is 5.17. The van der Waals surface area contributed by atoms with Gasteiger partial charge in [0, 0.05) is 12.3 Å². The molecule has 0 fully saturated rings. The molecule has 27 heavy (non-hydrogen) atoms. The molecule has 0 aliphatic heterocycles. The molecule has 0 heterocycles. The molecule has 1 amide bonds. The highest BCUT2D eigenvalue weighted by Gasteiger charge is 2.30. The van der Waals surface area contributed by atoms with E-state index >= 15 is 0 Å². The van der Waals surface area contributed by atoms with Crippen molar-refractivity contribution in [3.63, 3.8) is 0 Å². The maximum atomic E-state index is 12.8. The first-order valence-corrected chi connectivity index (χ1v) is 9.99. The minimum atomic E-state index is -0.677. The molecule has 4 nitrogen and oxygen atoms in total. The van der Waals surface area contributed by atoms with Crippen LogP contribution < -0.4 is 5.32 Å². The average Bonchev–Trinajstić information content (AvgIpc) is 3.13. The number of carbonyl (C=O) groups excluding carboxylic acids is 2. The molecule has 2 aromatic carbocycles. The van der Waals surface area contributed by atoms with E-state index in [1.807, 2.05) is 42.5 Å². The lowest BCUT2D eigenvalue weighted by Crippen LogP contribution is -2.46. The molecule has 0 aromatic heterocycles. The summed E-state index contributed by atoms with van der Waals surface area (Å²) in [6, 6.07) is 17.1. The van der Waals surface area contributed by atoms with Crippen LogP contribution in [0.3, 0.4) is 0 Å². The molecule has 2 aromatic rings. The fraction of sp³-hybridized carbons (Fsp3) is 0.364. The first-order chi connectivity index (χ1) is 13.2. The van der Waals surface area contributed by atoms with Crippen LogP contribution in [0.5, 0.6) is 0 Å². The van der Waals surface area contributed by atoms with Crippen LogP contribution in [0.2, 0.25) is 0 Å². The lowest BCUT2D eigenvalue weighted by Gasteiger charge is -2.20. The van der Waals surface area contributed by atoms with Gasteiger partial charge in [0.25, 0.3) is 0 Å². The zero-order valence-corrected chi connectivity index (χ0v) is 16.2. The second kappa shape index (κ2) is 9.60. The Bertz CT molecular complexity index is 753. The van der Waals surface area contributed by atoms with E-state index in [-0.39, 0.29) is 17.8 Å². The number of benzene rings is 2. The van der Waals surface area contributed by atoms with E-state index in [1.165, 1.54) is 11.1 Å². The summed E-state index contributed by atoms with van der Waals surface area (Å²) >= 11 is 4.13. The second-order valence-electron chi connectivity index (χ2n) is 6.87. The van der Waals surface area contributed by atoms with Gasteiger partial charge in [0.05, 0.1) is 6.61 Å². The lowest BCUT2D eigenvalue weighted by molar-refractivity contribution is -0.148. The topological polar surface area (TPSA) is 55.4 Å². The predicted octanol–water partition coefficient (Wildman–Crippen LogP) is 2.99. The fourth-order valence-corrected chi connectivity index (χ4v) is 3.54. The molecule has 5 heteroatoms. The summed E-state index contributed by atoms with van der Waals surface area (Å²) < 4.78 is 5.34. The Morgan fingerprint density at radius 2 is 1.67 bits per heavy atom. The van der Waals surface area contributed by atoms with Gasteiger partial charge in [-0.2, -0.15) is 12.6 Å². The van der Waals surface area contributed by atoms with Gasteiger partial charge in [0.15, 0.2) is 0 Å². The number of rotatable bonds is 8. The standard InChI is InChI=1S/C22H25NO3S/c24-21(19-14-17-9-4-5-10-18(17)15-19)23-20(22(25)26-11-6-12-27)13-16-7-2-1-3-8-16/h1-5,7-10,19-20,27H,6,11-15H2,(H,23,24). The van der Waals surface area contributed by atoms with Crippen molar-refractivity contribution in [2.24, 2.45) is 5.92 Å². The van der Waals surface area contributed by atoms with Gasteiger partial charge in [-0.15, -0.1) is 0 Å². The molecule has 0 saturated carbocycles.